The minimum absolute atomic E-state index is 0.165. The Morgan fingerprint density at radius 2 is 2.21 bits per heavy atom. The highest BCUT2D eigenvalue weighted by Crippen LogP contribution is 2.26. The number of hydrogen-bond donors (Lipinski definition) is 2. The Bertz CT molecular complexity index is 150. The Morgan fingerprint density at radius 3 is 2.71 bits per heavy atom. The van der Waals surface area contributed by atoms with E-state index in [2.05, 4.69) is 4.90 Å². The standard InChI is InChI=1S/C10H21NO3/c1-2-14-8-10(13)7-11(5-6-12)9-3-4-9/h9-10,12-13H,2-8H2,1H3. The first-order chi connectivity index (χ1) is 6.77. The SMILES string of the molecule is CCOCC(O)CN(CCO)C1CC1. The van der Waals surface area contributed by atoms with Crippen molar-refractivity contribution < 1.29 is 14.9 Å². The van der Waals surface area contributed by atoms with Gasteiger partial charge in [0.15, 0.2) is 0 Å². The monoisotopic (exact) mass is 203 g/mol. The van der Waals surface area contributed by atoms with Gasteiger partial charge >= 0.3 is 0 Å². The van der Waals surface area contributed by atoms with Crippen LogP contribution in [0.1, 0.15) is 19.8 Å². The van der Waals surface area contributed by atoms with E-state index in [0.29, 0.717) is 32.3 Å². The van der Waals surface area contributed by atoms with Gasteiger partial charge in [0, 0.05) is 25.7 Å². The Hall–Kier alpha value is -0.160. The quantitative estimate of drug-likeness (QED) is 0.575. The fourth-order valence-corrected chi connectivity index (χ4v) is 1.57. The average molecular weight is 203 g/mol. The summed E-state index contributed by atoms with van der Waals surface area (Å²) < 4.78 is 5.14. The molecular weight excluding hydrogens is 182 g/mol. The van der Waals surface area contributed by atoms with Gasteiger partial charge in [0.25, 0.3) is 0 Å². The second kappa shape index (κ2) is 6.35. The number of aliphatic hydroxyl groups excluding tert-OH is 2. The van der Waals surface area contributed by atoms with Crippen LogP contribution in [0, 0.1) is 0 Å². The first-order valence-corrected chi connectivity index (χ1v) is 5.38. The van der Waals surface area contributed by atoms with Crippen LogP contribution in [0.4, 0.5) is 0 Å². The van der Waals surface area contributed by atoms with Gasteiger partial charge in [0.1, 0.15) is 0 Å². The molecular formula is C10H21NO3. The maximum atomic E-state index is 9.61. The minimum atomic E-state index is -0.429. The average Bonchev–Trinajstić information content (AvgIpc) is 2.97. The summed E-state index contributed by atoms with van der Waals surface area (Å²) in [6, 6.07) is 0.582. The first kappa shape index (κ1) is 11.9. The van der Waals surface area contributed by atoms with E-state index in [0.717, 1.165) is 0 Å². The second-order valence-corrected chi connectivity index (χ2v) is 3.76. The predicted octanol–water partition coefficient (Wildman–Crippen LogP) is -0.160. The van der Waals surface area contributed by atoms with Crippen LogP contribution in [0.2, 0.25) is 0 Å². The van der Waals surface area contributed by atoms with Crippen LogP contribution in [0.5, 0.6) is 0 Å². The summed E-state index contributed by atoms with van der Waals surface area (Å²) in [5.41, 5.74) is 0. The van der Waals surface area contributed by atoms with Crippen molar-refractivity contribution in [2.75, 3.05) is 32.9 Å². The Kier molecular flexibility index (Phi) is 5.40. The molecule has 0 aromatic carbocycles. The molecule has 0 aromatic heterocycles. The molecule has 1 unspecified atom stereocenters. The highest BCUT2D eigenvalue weighted by atomic mass is 16.5. The van der Waals surface area contributed by atoms with Crippen molar-refractivity contribution in [3.63, 3.8) is 0 Å². The van der Waals surface area contributed by atoms with Crippen molar-refractivity contribution in [3.8, 4) is 0 Å². The molecule has 0 spiro atoms. The van der Waals surface area contributed by atoms with E-state index in [1.54, 1.807) is 0 Å². The van der Waals surface area contributed by atoms with Gasteiger partial charge in [-0.25, -0.2) is 0 Å². The summed E-state index contributed by atoms with van der Waals surface area (Å²) >= 11 is 0. The van der Waals surface area contributed by atoms with Gasteiger partial charge in [0.05, 0.1) is 19.3 Å². The van der Waals surface area contributed by atoms with Gasteiger partial charge in [-0.1, -0.05) is 0 Å². The summed E-state index contributed by atoms with van der Waals surface area (Å²) in [5.74, 6) is 0. The molecule has 1 rings (SSSR count). The molecule has 1 fully saturated rings. The summed E-state index contributed by atoms with van der Waals surface area (Å²) in [4.78, 5) is 2.14. The lowest BCUT2D eigenvalue weighted by Gasteiger charge is -2.23. The molecule has 84 valence electrons. The molecule has 2 N–H and O–H groups in total. The summed E-state index contributed by atoms with van der Waals surface area (Å²) in [5, 5.41) is 18.5. The predicted molar refractivity (Wildman–Crippen MR) is 54.2 cm³/mol. The van der Waals surface area contributed by atoms with Crippen LogP contribution in [0.25, 0.3) is 0 Å². The van der Waals surface area contributed by atoms with Crippen molar-refractivity contribution in [1.82, 2.24) is 4.90 Å². The lowest BCUT2D eigenvalue weighted by atomic mass is 10.3. The molecule has 4 nitrogen and oxygen atoms in total. The molecule has 0 amide bonds. The van der Waals surface area contributed by atoms with Crippen LogP contribution in [-0.4, -0.2) is 60.2 Å². The number of rotatable bonds is 8. The minimum Gasteiger partial charge on any atom is -0.395 e. The Labute approximate surface area is 85.5 Å². The van der Waals surface area contributed by atoms with E-state index in [4.69, 9.17) is 9.84 Å². The van der Waals surface area contributed by atoms with Crippen LogP contribution in [0.15, 0.2) is 0 Å². The third kappa shape index (κ3) is 4.37. The van der Waals surface area contributed by atoms with Gasteiger partial charge < -0.3 is 14.9 Å². The molecule has 4 heteroatoms. The van der Waals surface area contributed by atoms with E-state index in [1.807, 2.05) is 6.92 Å². The van der Waals surface area contributed by atoms with E-state index < -0.39 is 6.10 Å². The van der Waals surface area contributed by atoms with Crippen molar-refractivity contribution in [2.24, 2.45) is 0 Å². The van der Waals surface area contributed by atoms with Gasteiger partial charge in [0.2, 0.25) is 0 Å². The second-order valence-electron chi connectivity index (χ2n) is 3.76. The fraction of sp³-hybridized carbons (Fsp3) is 1.00. The number of aliphatic hydroxyl groups is 2. The first-order valence-electron chi connectivity index (χ1n) is 5.38. The Morgan fingerprint density at radius 1 is 1.50 bits per heavy atom. The molecule has 1 aliphatic rings. The molecule has 0 aromatic rings. The smallest absolute Gasteiger partial charge is 0.0900 e. The maximum Gasteiger partial charge on any atom is 0.0900 e. The molecule has 0 saturated heterocycles. The van der Waals surface area contributed by atoms with Crippen molar-refractivity contribution in [3.05, 3.63) is 0 Å². The highest BCUT2D eigenvalue weighted by Gasteiger charge is 2.29. The van der Waals surface area contributed by atoms with Crippen molar-refractivity contribution >= 4 is 0 Å². The van der Waals surface area contributed by atoms with E-state index >= 15 is 0 Å². The number of nitrogens with zero attached hydrogens (tertiary/aromatic N) is 1. The summed E-state index contributed by atoms with van der Waals surface area (Å²) in [6.07, 6.45) is 1.96. The molecule has 0 bridgehead atoms. The molecule has 0 aliphatic heterocycles. The zero-order valence-electron chi connectivity index (χ0n) is 8.85. The molecule has 14 heavy (non-hydrogen) atoms. The maximum absolute atomic E-state index is 9.61. The van der Waals surface area contributed by atoms with Crippen LogP contribution in [-0.2, 0) is 4.74 Å². The number of hydrogen-bond acceptors (Lipinski definition) is 4. The fourth-order valence-electron chi connectivity index (χ4n) is 1.57. The van der Waals surface area contributed by atoms with Crippen LogP contribution >= 0.6 is 0 Å². The lowest BCUT2D eigenvalue weighted by Crippen LogP contribution is -2.38. The van der Waals surface area contributed by atoms with E-state index in [-0.39, 0.29) is 6.61 Å². The van der Waals surface area contributed by atoms with E-state index in [9.17, 15) is 5.11 Å². The number of ether oxygens (including phenoxy) is 1. The van der Waals surface area contributed by atoms with Crippen LogP contribution < -0.4 is 0 Å². The molecule has 0 radical (unpaired) electrons. The zero-order valence-corrected chi connectivity index (χ0v) is 8.85. The zero-order chi connectivity index (χ0) is 10.4. The summed E-state index contributed by atoms with van der Waals surface area (Å²) in [7, 11) is 0. The molecule has 0 heterocycles. The summed E-state index contributed by atoms with van der Waals surface area (Å²) in [6.45, 7) is 4.39. The van der Waals surface area contributed by atoms with Crippen molar-refractivity contribution in [2.45, 2.75) is 31.9 Å². The van der Waals surface area contributed by atoms with Gasteiger partial charge in [-0.15, -0.1) is 0 Å². The Balaban J connectivity index is 2.16. The third-order valence-electron chi connectivity index (χ3n) is 2.41. The third-order valence-corrected chi connectivity index (χ3v) is 2.41. The van der Waals surface area contributed by atoms with Gasteiger partial charge in [-0.2, -0.15) is 0 Å². The van der Waals surface area contributed by atoms with E-state index in [1.165, 1.54) is 12.8 Å². The molecule has 1 saturated carbocycles. The van der Waals surface area contributed by atoms with Crippen LogP contribution in [0.3, 0.4) is 0 Å². The molecule has 1 aliphatic carbocycles. The highest BCUT2D eigenvalue weighted by molar-refractivity contribution is 4.85. The lowest BCUT2D eigenvalue weighted by molar-refractivity contribution is 0.0166. The van der Waals surface area contributed by atoms with Gasteiger partial charge in [-0.3, -0.25) is 4.90 Å². The normalized spacial score (nSPS) is 18.9. The van der Waals surface area contributed by atoms with Gasteiger partial charge in [-0.05, 0) is 19.8 Å². The topological polar surface area (TPSA) is 52.9 Å². The van der Waals surface area contributed by atoms with Crippen molar-refractivity contribution in [1.29, 1.82) is 0 Å². The largest absolute Gasteiger partial charge is 0.395 e. The molecule has 1 atom stereocenters.